The number of carbonyl (C=O) groups excluding carboxylic acids is 2. The average molecular weight is 484 g/mol. The first-order valence-corrected chi connectivity index (χ1v) is 12.3. The average Bonchev–Trinajstić information content (AvgIpc) is 3.12. The standard InChI is InChI=1S/C21H23Cl2N3O4S/c1-31(29,30)26(18-5-2-4-17(22)21(18)23)14-19(27)24-12-15-7-9-16(10-8-15)13-25-11-3-6-20(25)28/h2,4-5,7-10H,3,6,11-14H2,1H3,(H,24,27). The summed E-state index contributed by atoms with van der Waals surface area (Å²) in [4.78, 5) is 26.0. The summed E-state index contributed by atoms with van der Waals surface area (Å²) in [6.07, 6.45) is 2.50. The van der Waals surface area contributed by atoms with Gasteiger partial charge in [-0.3, -0.25) is 13.9 Å². The number of hydrogen-bond donors (Lipinski definition) is 1. The summed E-state index contributed by atoms with van der Waals surface area (Å²) in [6, 6.07) is 12.2. The van der Waals surface area contributed by atoms with Crippen molar-refractivity contribution in [3.8, 4) is 0 Å². The summed E-state index contributed by atoms with van der Waals surface area (Å²) >= 11 is 12.1. The molecule has 1 aliphatic heterocycles. The van der Waals surface area contributed by atoms with E-state index in [2.05, 4.69) is 5.32 Å². The van der Waals surface area contributed by atoms with Crippen LogP contribution in [0.15, 0.2) is 42.5 Å². The van der Waals surface area contributed by atoms with Crippen LogP contribution >= 0.6 is 23.2 Å². The lowest BCUT2D eigenvalue weighted by atomic mass is 10.1. The van der Waals surface area contributed by atoms with Crippen molar-refractivity contribution in [3.63, 3.8) is 0 Å². The Hall–Kier alpha value is -2.29. The third-order valence-electron chi connectivity index (χ3n) is 4.94. The molecule has 2 amide bonds. The molecular formula is C21H23Cl2N3O4S. The van der Waals surface area contributed by atoms with E-state index in [0.717, 1.165) is 34.7 Å². The van der Waals surface area contributed by atoms with Crippen LogP contribution in [0, 0.1) is 0 Å². The van der Waals surface area contributed by atoms with Gasteiger partial charge in [0.15, 0.2) is 0 Å². The van der Waals surface area contributed by atoms with Gasteiger partial charge in [-0.2, -0.15) is 0 Å². The molecule has 2 aromatic carbocycles. The van der Waals surface area contributed by atoms with Crippen LogP contribution in [0.3, 0.4) is 0 Å². The molecule has 1 N–H and O–H groups in total. The summed E-state index contributed by atoms with van der Waals surface area (Å²) in [6.45, 7) is 1.18. The van der Waals surface area contributed by atoms with Gasteiger partial charge >= 0.3 is 0 Å². The summed E-state index contributed by atoms with van der Waals surface area (Å²) in [5, 5.41) is 2.98. The van der Waals surface area contributed by atoms with Gasteiger partial charge in [-0.1, -0.05) is 53.5 Å². The van der Waals surface area contributed by atoms with Crippen molar-refractivity contribution < 1.29 is 18.0 Å². The molecule has 1 aliphatic rings. The molecule has 0 aromatic heterocycles. The third-order valence-corrected chi connectivity index (χ3v) is 6.88. The molecule has 1 saturated heterocycles. The Morgan fingerprint density at radius 1 is 1.13 bits per heavy atom. The minimum absolute atomic E-state index is 0.0643. The van der Waals surface area contributed by atoms with E-state index < -0.39 is 22.5 Å². The van der Waals surface area contributed by atoms with Crippen LogP contribution in [0.5, 0.6) is 0 Å². The van der Waals surface area contributed by atoms with E-state index in [1.807, 2.05) is 29.2 Å². The molecule has 7 nitrogen and oxygen atoms in total. The van der Waals surface area contributed by atoms with E-state index in [4.69, 9.17) is 23.2 Å². The van der Waals surface area contributed by atoms with Crippen molar-refractivity contribution in [2.45, 2.75) is 25.9 Å². The third kappa shape index (κ3) is 6.12. The normalized spacial score (nSPS) is 14.0. The van der Waals surface area contributed by atoms with Crippen molar-refractivity contribution in [2.24, 2.45) is 0 Å². The maximum absolute atomic E-state index is 12.4. The first-order chi connectivity index (χ1) is 14.6. The summed E-state index contributed by atoms with van der Waals surface area (Å²) < 4.78 is 25.4. The van der Waals surface area contributed by atoms with E-state index in [0.29, 0.717) is 13.0 Å². The van der Waals surface area contributed by atoms with Crippen molar-refractivity contribution >= 4 is 50.7 Å². The van der Waals surface area contributed by atoms with Crippen LogP contribution < -0.4 is 9.62 Å². The molecule has 0 radical (unpaired) electrons. The molecule has 0 atom stereocenters. The van der Waals surface area contributed by atoms with Gasteiger partial charge in [0.2, 0.25) is 21.8 Å². The van der Waals surface area contributed by atoms with Gasteiger partial charge in [0.25, 0.3) is 0 Å². The number of amides is 2. The molecule has 0 saturated carbocycles. The molecule has 10 heteroatoms. The molecule has 166 valence electrons. The Labute approximate surface area is 192 Å². The number of nitrogens with zero attached hydrogens (tertiary/aromatic N) is 2. The molecule has 1 fully saturated rings. The van der Waals surface area contributed by atoms with E-state index in [9.17, 15) is 18.0 Å². The summed E-state index contributed by atoms with van der Waals surface area (Å²) in [5.41, 5.74) is 2.02. The number of rotatable bonds is 8. The Morgan fingerprint density at radius 3 is 2.42 bits per heavy atom. The molecule has 3 rings (SSSR count). The van der Waals surface area contributed by atoms with Gasteiger partial charge in [0, 0.05) is 26.1 Å². The van der Waals surface area contributed by atoms with Crippen molar-refractivity contribution in [1.29, 1.82) is 0 Å². The van der Waals surface area contributed by atoms with Gasteiger partial charge in [-0.15, -0.1) is 0 Å². The van der Waals surface area contributed by atoms with Crippen molar-refractivity contribution in [2.75, 3.05) is 23.7 Å². The maximum atomic E-state index is 12.4. The smallest absolute Gasteiger partial charge is 0.241 e. The first-order valence-electron chi connectivity index (χ1n) is 9.69. The lowest BCUT2D eigenvalue weighted by Crippen LogP contribution is -2.40. The van der Waals surface area contributed by atoms with Gasteiger partial charge in [0.1, 0.15) is 6.54 Å². The molecule has 2 aromatic rings. The number of anilines is 1. The second kappa shape index (κ2) is 9.89. The lowest BCUT2D eigenvalue weighted by molar-refractivity contribution is -0.128. The number of carbonyl (C=O) groups is 2. The van der Waals surface area contributed by atoms with E-state index in [1.54, 1.807) is 6.07 Å². The Morgan fingerprint density at radius 2 is 1.81 bits per heavy atom. The zero-order valence-electron chi connectivity index (χ0n) is 17.0. The highest BCUT2D eigenvalue weighted by molar-refractivity contribution is 7.92. The van der Waals surface area contributed by atoms with Crippen LogP contribution in [0.1, 0.15) is 24.0 Å². The lowest BCUT2D eigenvalue weighted by Gasteiger charge is -2.23. The minimum Gasteiger partial charge on any atom is -0.350 e. The number of sulfonamides is 1. The molecule has 0 aliphatic carbocycles. The fourth-order valence-corrected chi connectivity index (χ4v) is 4.62. The van der Waals surface area contributed by atoms with Crippen molar-refractivity contribution in [3.05, 3.63) is 63.6 Å². The second-order valence-electron chi connectivity index (χ2n) is 7.35. The van der Waals surface area contributed by atoms with Crippen LogP contribution in [0.25, 0.3) is 0 Å². The van der Waals surface area contributed by atoms with E-state index >= 15 is 0 Å². The number of likely N-dealkylation sites (tertiary alicyclic amines) is 1. The van der Waals surface area contributed by atoms with Crippen LogP contribution in [0.4, 0.5) is 5.69 Å². The number of halogens is 2. The van der Waals surface area contributed by atoms with Gasteiger partial charge in [-0.25, -0.2) is 8.42 Å². The van der Waals surface area contributed by atoms with Crippen LogP contribution in [0.2, 0.25) is 10.0 Å². The Kier molecular flexibility index (Phi) is 7.46. The maximum Gasteiger partial charge on any atom is 0.241 e. The van der Waals surface area contributed by atoms with Gasteiger partial charge < -0.3 is 10.2 Å². The monoisotopic (exact) mass is 483 g/mol. The van der Waals surface area contributed by atoms with Crippen LogP contribution in [-0.2, 0) is 32.7 Å². The minimum atomic E-state index is -3.76. The quantitative estimate of drug-likeness (QED) is 0.624. The first kappa shape index (κ1) is 23.4. The molecule has 0 bridgehead atoms. The Balaban J connectivity index is 1.60. The molecular weight excluding hydrogens is 461 g/mol. The number of hydrogen-bond acceptors (Lipinski definition) is 4. The molecule has 31 heavy (non-hydrogen) atoms. The fraction of sp³-hybridized carbons (Fsp3) is 0.333. The highest BCUT2D eigenvalue weighted by Crippen LogP contribution is 2.33. The largest absolute Gasteiger partial charge is 0.350 e. The predicted molar refractivity (Wildman–Crippen MR) is 122 cm³/mol. The molecule has 1 heterocycles. The van der Waals surface area contributed by atoms with E-state index in [1.165, 1.54) is 12.1 Å². The number of nitrogens with one attached hydrogen (secondary N) is 1. The second-order valence-corrected chi connectivity index (χ2v) is 10.0. The zero-order chi connectivity index (χ0) is 22.6. The fourth-order valence-electron chi connectivity index (χ4n) is 3.31. The summed E-state index contributed by atoms with van der Waals surface area (Å²) in [5.74, 6) is -0.306. The SMILES string of the molecule is CS(=O)(=O)N(CC(=O)NCc1ccc(CN2CCCC2=O)cc1)c1cccc(Cl)c1Cl. The Bertz CT molecular complexity index is 1070. The topological polar surface area (TPSA) is 86.8 Å². The predicted octanol–water partition coefficient (Wildman–Crippen LogP) is 3.20. The highest BCUT2D eigenvalue weighted by Gasteiger charge is 2.24. The van der Waals surface area contributed by atoms with Crippen molar-refractivity contribution in [1.82, 2.24) is 10.2 Å². The summed E-state index contributed by atoms with van der Waals surface area (Å²) in [7, 11) is -3.76. The molecule has 0 spiro atoms. The zero-order valence-corrected chi connectivity index (χ0v) is 19.3. The van der Waals surface area contributed by atoms with Gasteiger partial charge in [0.05, 0.1) is 22.0 Å². The van der Waals surface area contributed by atoms with E-state index in [-0.39, 0.29) is 28.2 Å². The van der Waals surface area contributed by atoms with Gasteiger partial charge in [-0.05, 0) is 29.7 Å². The molecule has 0 unspecified atom stereocenters. The van der Waals surface area contributed by atoms with Crippen LogP contribution in [-0.4, -0.2) is 44.5 Å². The number of benzene rings is 2. The highest BCUT2D eigenvalue weighted by atomic mass is 35.5.